The molecule has 0 aliphatic carbocycles. The molecule has 6 nitrogen and oxygen atoms in total. The number of nitrogens with one attached hydrogen (secondary N) is 2. The molecule has 6 heteroatoms. The summed E-state index contributed by atoms with van der Waals surface area (Å²) in [4.78, 5) is 27.5. The molecule has 0 saturated carbocycles. The van der Waals surface area contributed by atoms with E-state index in [2.05, 4.69) is 22.5 Å². The highest BCUT2D eigenvalue weighted by Gasteiger charge is 2.23. The Labute approximate surface area is 127 Å². The van der Waals surface area contributed by atoms with Crippen molar-refractivity contribution < 1.29 is 9.59 Å². The van der Waals surface area contributed by atoms with Crippen molar-refractivity contribution >= 4 is 11.9 Å². The number of urea groups is 1. The van der Waals surface area contributed by atoms with E-state index < -0.39 is 0 Å². The van der Waals surface area contributed by atoms with Gasteiger partial charge in [-0.05, 0) is 38.8 Å². The van der Waals surface area contributed by atoms with Crippen molar-refractivity contribution in [1.29, 1.82) is 0 Å². The first-order valence-electron chi connectivity index (χ1n) is 8.24. The Kier molecular flexibility index (Phi) is 6.29. The molecule has 2 aliphatic rings. The fraction of sp³-hybridized carbons (Fsp3) is 0.867. The number of likely N-dealkylation sites (tertiary alicyclic amines) is 2. The van der Waals surface area contributed by atoms with Crippen molar-refractivity contribution in [2.45, 2.75) is 45.1 Å². The molecular formula is C15H28N4O2. The van der Waals surface area contributed by atoms with Crippen molar-refractivity contribution in [2.24, 2.45) is 0 Å². The van der Waals surface area contributed by atoms with Crippen LogP contribution >= 0.6 is 0 Å². The Hall–Kier alpha value is -1.30. The summed E-state index contributed by atoms with van der Waals surface area (Å²) < 4.78 is 0. The normalized spacial score (nSPS) is 22.8. The van der Waals surface area contributed by atoms with Crippen LogP contribution in [0.15, 0.2) is 0 Å². The van der Waals surface area contributed by atoms with Gasteiger partial charge in [-0.15, -0.1) is 0 Å². The van der Waals surface area contributed by atoms with Crippen molar-refractivity contribution in [3.63, 3.8) is 0 Å². The second kappa shape index (κ2) is 8.22. The minimum Gasteiger partial charge on any atom is -0.343 e. The Balaban J connectivity index is 1.52. The average Bonchev–Trinajstić information content (AvgIpc) is 3.10. The van der Waals surface area contributed by atoms with Crippen LogP contribution < -0.4 is 10.6 Å². The van der Waals surface area contributed by atoms with E-state index in [1.165, 1.54) is 12.8 Å². The van der Waals surface area contributed by atoms with Gasteiger partial charge in [-0.25, -0.2) is 4.79 Å². The van der Waals surface area contributed by atoms with Gasteiger partial charge < -0.3 is 15.5 Å². The van der Waals surface area contributed by atoms with Crippen LogP contribution in [0.3, 0.4) is 0 Å². The van der Waals surface area contributed by atoms with E-state index in [-0.39, 0.29) is 11.9 Å². The van der Waals surface area contributed by atoms with Gasteiger partial charge in [-0.2, -0.15) is 0 Å². The van der Waals surface area contributed by atoms with E-state index in [9.17, 15) is 9.59 Å². The summed E-state index contributed by atoms with van der Waals surface area (Å²) in [7, 11) is 0. The standard InChI is InChI=1S/C15H28N4O2/c1-2-18-9-3-6-13(18)12-17-15(21)16-8-5-11-19-10-4-7-14(19)20/h13H,2-12H2,1H3,(H2,16,17,21). The molecule has 2 N–H and O–H groups in total. The van der Waals surface area contributed by atoms with Gasteiger partial charge in [0.2, 0.25) is 5.91 Å². The van der Waals surface area contributed by atoms with Crippen molar-refractivity contribution in [3.05, 3.63) is 0 Å². The van der Waals surface area contributed by atoms with Crippen LogP contribution in [0.25, 0.3) is 0 Å². The number of likely N-dealkylation sites (N-methyl/N-ethyl adjacent to an activating group) is 1. The molecule has 1 atom stereocenters. The molecule has 0 aromatic carbocycles. The zero-order chi connectivity index (χ0) is 15.1. The maximum Gasteiger partial charge on any atom is 0.314 e. The Morgan fingerprint density at radius 3 is 2.86 bits per heavy atom. The van der Waals surface area contributed by atoms with Crippen LogP contribution in [-0.2, 0) is 4.79 Å². The lowest BCUT2D eigenvalue weighted by atomic mass is 10.2. The maximum atomic E-state index is 11.7. The lowest BCUT2D eigenvalue weighted by molar-refractivity contribution is -0.127. The zero-order valence-electron chi connectivity index (χ0n) is 13.1. The molecule has 21 heavy (non-hydrogen) atoms. The molecule has 0 bridgehead atoms. The first-order valence-corrected chi connectivity index (χ1v) is 8.24. The van der Waals surface area contributed by atoms with E-state index in [0.717, 1.165) is 45.6 Å². The number of carbonyl (C=O) groups is 2. The third-order valence-electron chi connectivity index (χ3n) is 4.47. The summed E-state index contributed by atoms with van der Waals surface area (Å²) in [6, 6.07) is 0.397. The summed E-state index contributed by atoms with van der Waals surface area (Å²) in [6.07, 6.45) is 4.88. The first-order chi connectivity index (χ1) is 10.2. The average molecular weight is 296 g/mol. The molecule has 2 rings (SSSR count). The molecule has 0 spiro atoms. The highest BCUT2D eigenvalue weighted by Crippen LogP contribution is 2.15. The van der Waals surface area contributed by atoms with Gasteiger partial charge in [0.1, 0.15) is 0 Å². The third kappa shape index (κ3) is 4.88. The Morgan fingerprint density at radius 2 is 2.14 bits per heavy atom. The van der Waals surface area contributed by atoms with E-state index in [1.54, 1.807) is 0 Å². The third-order valence-corrected chi connectivity index (χ3v) is 4.47. The van der Waals surface area contributed by atoms with E-state index >= 15 is 0 Å². The summed E-state index contributed by atoms with van der Waals surface area (Å²) in [6.45, 7) is 7.34. The van der Waals surface area contributed by atoms with E-state index in [4.69, 9.17) is 0 Å². The molecule has 0 radical (unpaired) electrons. The molecule has 2 aliphatic heterocycles. The summed E-state index contributed by atoms with van der Waals surface area (Å²) >= 11 is 0. The van der Waals surface area contributed by atoms with Gasteiger partial charge in [0.05, 0.1) is 0 Å². The number of rotatable bonds is 7. The predicted octanol–water partition coefficient (Wildman–Crippen LogP) is 0.782. The maximum absolute atomic E-state index is 11.7. The summed E-state index contributed by atoms with van der Waals surface area (Å²) in [5.74, 6) is 0.250. The highest BCUT2D eigenvalue weighted by molar-refractivity contribution is 5.78. The molecule has 1 unspecified atom stereocenters. The van der Waals surface area contributed by atoms with Crippen molar-refractivity contribution in [2.75, 3.05) is 39.3 Å². The van der Waals surface area contributed by atoms with Crippen LogP contribution in [0, 0.1) is 0 Å². The first kappa shape index (κ1) is 16.1. The van der Waals surface area contributed by atoms with E-state index in [1.807, 2.05) is 4.90 Å². The number of hydrogen-bond donors (Lipinski definition) is 2. The quantitative estimate of drug-likeness (QED) is 0.683. The van der Waals surface area contributed by atoms with Crippen LogP contribution in [0.2, 0.25) is 0 Å². The Bertz CT molecular complexity index is 362. The molecule has 2 fully saturated rings. The molecule has 120 valence electrons. The van der Waals surface area contributed by atoms with Gasteiger partial charge >= 0.3 is 6.03 Å². The minimum atomic E-state index is -0.0919. The SMILES string of the molecule is CCN1CCCC1CNC(=O)NCCCN1CCCC1=O. The number of amides is 3. The van der Waals surface area contributed by atoms with Gasteiger partial charge in [-0.1, -0.05) is 6.92 Å². The Morgan fingerprint density at radius 1 is 1.29 bits per heavy atom. The van der Waals surface area contributed by atoms with Crippen LogP contribution in [0.1, 0.15) is 39.0 Å². The lowest BCUT2D eigenvalue weighted by Gasteiger charge is -2.23. The van der Waals surface area contributed by atoms with Crippen molar-refractivity contribution in [1.82, 2.24) is 20.4 Å². The zero-order valence-corrected chi connectivity index (χ0v) is 13.1. The largest absolute Gasteiger partial charge is 0.343 e. The van der Waals surface area contributed by atoms with Crippen LogP contribution in [0.4, 0.5) is 4.79 Å². The smallest absolute Gasteiger partial charge is 0.314 e. The molecule has 2 saturated heterocycles. The molecule has 3 amide bonds. The fourth-order valence-corrected chi connectivity index (χ4v) is 3.23. The topological polar surface area (TPSA) is 64.7 Å². The predicted molar refractivity (Wildman–Crippen MR) is 82.1 cm³/mol. The highest BCUT2D eigenvalue weighted by atomic mass is 16.2. The van der Waals surface area contributed by atoms with Crippen LogP contribution in [0.5, 0.6) is 0 Å². The van der Waals surface area contributed by atoms with Crippen LogP contribution in [-0.4, -0.2) is 67.0 Å². The van der Waals surface area contributed by atoms with Crippen molar-refractivity contribution in [3.8, 4) is 0 Å². The lowest BCUT2D eigenvalue weighted by Crippen LogP contribution is -2.44. The van der Waals surface area contributed by atoms with Gasteiger partial charge in [0, 0.05) is 38.6 Å². The summed E-state index contributed by atoms with van der Waals surface area (Å²) in [5.41, 5.74) is 0. The summed E-state index contributed by atoms with van der Waals surface area (Å²) in [5, 5.41) is 5.83. The fourth-order valence-electron chi connectivity index (χ4n) is 3.23. The minimum absolute atomic E-state index is 0.0919. The second-order valence-electron chi connectivity index (χ2n) is 5.90. The second-order valence-corrected chi connectivity index (χ2v) is 5.90. The van der Waals surface area contributed by atoms with E-state index in [0.29, 0.717) is 19.0 Å². The van der Waals surface area contributed by atoms with Gasteiger partial charge in [0.15, 0.2) is 0 Å². The van der Waals surface area contributed by atoms with Gasteiger partial charge in [-0.3, -0.25) is 9.69 Å². The number of carbonyl (C=O) groups excluding carboxylic acids is 2. The molecule has 2 heterocycles. The molecular weight excluding hydrogens is 268 g/mol. The number of hydrogen-bond acceptors (Lipinski definition) is 3. The number of nitrogens with zero attached hydrogens (tertiary/aromatic N) is 2. The molecule has 0 aromatic heterocycles. The van der Waals surface area contributed by atoms with Gasteiger partial charge in [0.25, 0.3) is 0 Å². The molecule has 0 aromatic rings. The monoisotopic (exact) mass is 296 g/mol.